The fourth-order valence-corrected chi connectivity index (χ4v) is 6.95. The molecule has 1 amide bonds. The zero-order chi connectivity index (χ0) is 25.7. The largest absolute Gasteiger partial charge is 0.508 e. The maximum Gasteiger partial charge on any atom is 0.508 e. The Kier molecular flexibility index (Phi) is 6.91. The molecule has 4 rings (SSSR count). The van der Waals surface area contributed by atoms with Crippen molar-refractivity contribution in [2.75, 3.05) is 19.5 Å². The number of carboxylic acid groups (broad SMARTS) is 1. The summed E-state index contributed by atoms with van der Waals surface area (Å²) in [5.41, 5.74) is -0.492. The minimum absolute atomic E-state index is 0.0310. The number of β-lactam (4-membered cyclic amide) rings is 1. The first kappa shape index (κ1) is 25.5. The van der Waals surface area contributed by atoms with E-state index >= 15 is 0 Å². The van der Waals surface area contributed by atoms with Gasteiger partial charge in [-0.25, -0.2) is 14.6 Å². The Hall–Kier alpha value is -2.57. The molecule has 2 N–H and O–H groups in total. The van der Waals surface area contributed by atoms with Gasteiger partial charge in [0.05, 0.1) is 36.2 Å². The van der Waals surface area contributed by atoms with E-state index < -0.39 is 41.5 Å². The summed E-state index contributed by atoms with van der Waals surface area (Å²) in [4.78, 5) is 44.6. The maximum atomic E-state index is 13.0. The maximum absolute atomic E-state index is 13.0. The van der Waals surface area contributed by atoms with Gasteiger partial charge >= 0.3 is 12.1 Å². The molecule has 35 heavy (non-hydrogen) atoms. The topological polar surface area (TPSA) is 131 Å². The summed E-state index contributed by atoms with van der Waals surface area (Å²) in [5.74, 6) is -2.23. The van der Waals surface area contributed by atoms with E-state index in [0.29, 0.717) is 10.5 Å². The summed E-state index contributed by atoms with van der Waals surface area (Å²) in [7, 11) is 0. The van der Waals surface area contributed by atoms with Gasteiger partial charge in [0, 0.05) is 17.2 Å². The van der Waals surface area contributed by atoms with E-state index in [1.54, 1.807) is 6.33 Å². The predicted octanol–water partition coefficient (Wildman–Crippen LogP) is 3.34. The van der Waals surface area contributed by atoms with Gasteiger partial charge in [-0.3, -0.25) is 9.20 Å². The summed E-state index contributed by atoms with van der Waals surface area (Å²) >= 11 is 2.88. The van der Waals surface area contributed by atoms with Gasteiger partial charge in [-0.05, 0) is 25.5 Å². The number of aliphatic carboxylic acids is 1. The molecule has 1 fully saturated rings. The first-order valence-corrected chi connectivity index (χ1v) is 13.3. The van der Waals surface area contributed by atoms with Crippen LogP contribution in [0.5, 0.6) is 0 Å². The molecule has 4 atom stereocenters. The number of nitrogens with zero attached hydrogens (tertiary/aromatic N) is 3. The molecule has 190 valence electrons. The molecule has 0 aromatic carbocycles. The second-order valence-corrected chi connectivity index (χ2v) is 11.3. The molecular formula is C23H29N3O7S2. The number of carboxylic acids is 1. The first-order valence-electron chi connectivity index (χ1n) is 11.3. The minimum atomic E-state index is -1.22. The van der Waals surface area contributed by atoms with Crippen LogP contribution < -0.4 is 0 Å². The van der Waals surface area contributed by atoms with Crippen LogP contribution in [-0.2, 0) is 19.1 Å². The lowest BCUT2D eigenvalue weighted by Gasteiger charge is -2.50. The number of amides is 1. The molecule has 4 heterocycles. The van der Waals surface area contributed by atoms with Crippen LogP contribution in [0, 0.1) is 17.3 Å². The van der Waals surface area contributed by atoms with E-state index in [2.05, 4.69) is 4.98 Å². The van der Waals surface area contributed by atoms with Crippen molar-refractivity contribution in [1.82, 2.24) is 14.3 Å². The Labute approximate surface area is 210 Å². The molecule has 2 aromatic heterocycles. The van der Waals surface area contributed by atoms with E-state index in [0.717, 1.165) is 9.86 Å². The van der Waals surface area contributed by atoms with E-state index in [4.69, 9.17) is 9.47 Å². The lowest BCUT2D eigenvalue weighted by molar-refractivity contribution is -0.167. The fraction of sp³-hybridized carbons (Fsp3) is 0.565. The second-order valence-electron chi connectivity index (χ2n) is 9.48. The average molecular weight is 524 g/mol. The molecular weight excluding hydrogens is 494 g/mol. The molecule has 2 aliphatic heterocycles. The molecule has 0 bridgehead atoms. The van der Waals surface area contributed by atoms with Crippen molar-refractivity contribution < 1.29 is 34.1 Å². The van der Waals surface area contributed by atoms with Crippen LogP contribution in [0.2, 0.25) is 0 Å². The number of thiazole rings is 1. The number of imidazole rings is 1. The molecule has 12 heteroatoms. The van der Waals surface area contributed by atoms with Crippen LogP contribution in [0.4, 0.5) is 4.79 Å². The molecule has 0 radical (unpaired) electrons. The van der Waals surface area contributed by atoms with Crippen molar-refractivity contribution in [3.8, 4) is 0 Å². The lowest BCUT2D eigenvalue weighted by Crippen LogP contribution is -2.66. The number of fused-ring (bicyclic) bond motifs is 2. The lowest BCUT2D eigenvalue weighted by atomic mass is 9.66. The van der Waals surface area contributed by atoms with Crippen molar-refractivity contribution in [1.29, 1.82) is 0 Å². The number of carbonyl (C=O) groups is 3. The predicted molar refractivity (Wildman–Crippen MR) is 130 cm³/mol. The van der Waals surface area contributed by atoms with Crippen molar-refractivity contribution in [2.45, 2.75) is 51.3 Å². The summed E-state index contributed by atoms with van der Waals surface area (Å²) in [5, 5.41) is 21.3. The van der Waals surface area contributed by atoms with E-state index in [1.165, 1.54) is 34.9 Å². The average Bonchev–Trinajstić information content (AvgIpc) is 3.40. The number of carbonyl (C=O) groups excluding carboxylic acids is 2. The highest BCUT2D eigenvalue weighted by Crippen LogP contribution is 2.60. The number of hydrogen-bond acceptors (Lipinski definition) is 9. The van der Waals surface area contributed by atoms with Crippen molar-refractivity contribution in [3.63, 3.8) is 0 Å². The van der Waals surface area contributed by atoms with E-state index in [9.17, 15) is 24.6 Å². The number of ether oxygens (including phenoxy) is 2. The number of hydrogen-bond donors (Lipinski definition) is 2. The molecule has 0 unspecified atom stereocenters. The molecule has 0 aliphatic carbocycles. The third-order valence-corrected chi connectivity index (χ3v) is 8.50. The Bertz CT molecular complexity index is 1200. The Morgan fingerprint density at radius 2 is 2.03 bits per heavy atom. The van der Waals surface area contributed by atoms with Gasteiger partial charge < -0.3 is 24.6 Å². The zero-order valence-electron chi connectivity index (χ0n) is 20.2. The van der Waals surface area contributed by atoms with Gasteiger partial charge in [-0.1, -0.05) is 20.8 Å². The number of aliphatic hydroxyl groups is 1. The Morgan fingerprint density at radius 3 is 2.63 bits per heavy atom. The van der Waals surface area contributed by atoms with Gasteiger partial charge in [0.1, 0.15) is 21.9 Å². The standard InChI is InChI=1S/C23H29N3O7S2/c1-11(2)9-33-22(31)32-7-6-23(4)15(13-8-25-10-24-18(34-5)20(25)35-13)16(21(29)30)26-17(23)14(12(3)27)19(26)28/h8,10-12,14,17,27H,6-7,9H2,1-5H3,(H,29,30)/t12-,14-,17-,23+/m1/s1. The quantitative estimate of drug-likeness (QED) is 0.289. The summed E-state index contributed by atoms with van der Waals surface area (Å²) in [6.07, 6.45) is 3.89. The van der Waals surface area contributed by atoms with E-state index in [1.807, 2.05) is 37.6 Å². The number of thioether (sulfide) groups is 1. The molecule has 2 aliphatic rings. The van der Waals surface area contributed by atoms with Gasteiger partial charge in [-0.2, -0.15) is 0 Å². The summed E-state index contributed by atoms with van der Waals surface area (Å²) < 4.78 is 12.2. The monoisotopic (exact) mass is 523 g/mol. The first-order chi connectivity index (χ1) is 16.5. The third kappa shape index (κ3) is 4.21. The van der Waals surface area contributed by atoms with Gasteiger partial charge in [0.15, 0.2) is 0 Å². The zero-order valence-corrected chi connectivity index (χ0v) is 21.8. The highest BCUT2D eigenvalue weighted by Gasteiger charge is 2.66. The second kappa shape index (κ2) is 9.47. The normalized spacial score (nSPS) is 24.7. The minimum Gasteiger partial charge on any atom is -0.477 e. The van der Waals surface area contributed by atoms with Crippen LogP contribution in [0.3, 0.4) is 0 Å². The highest BCUT2D eigenvalue weighted by atomic mass is 32.2. The molecule has 0 spiro atoms. The smallest absolute Gasteiger partial charge is 0.477 e. The summed E-state index contributed by atoms with van der Waals surface area (Å²) in [6.45, 7) is 7.42. The van der Waals surface area contributed by atoms with Crippen LogP contribution in [0.1, 0.15) is 39.0 Å². The van der Waals surface area contributed by atoms with Crippen LogP contribution in [-0.4, -0.2) is 74.1 Å². The van der Waals surface area contributed by atoms with Gasteiger partial charge in [-0.15, -0.1) is 23.1 Å². The van der Waals surface area contributed by atoms with Crippen molar-refractivity contribution >= 4 is 51.5 Å². The number of aliphatic hydroxyl groups excluding tert-OH is 1. The molecule has 0 saturated carbocycles. The van der Waals surface area contributed by atoms with Crippen LogP contribution in [0.15, 0.2) is 23.2 Å². The van der Waals surface area contributed by atoms with Crippen LogP contribution in [0.25, 0.3) is 10.4 Å². The van der Waals surface area contributed by atoms with E-state index in [-0.39, 0.29) is 31.2 Å². The number of aromatic nitrogens is 2. The number of rotatable bonds is 9. The fourth-order valence-electron chi connectivity index (χ4n) is 4.99. The van der Waals surface area contributed by atoms with Gasteiger partial charge in [0.2, 0.25) is 5.91 Å². The molecule has 1 saturated heterocycles. The Balaban J connectivity index is 1.73. The summed E-state index contributed by atoms with van der Waals surface area (Å²) in [6, 6.07) is -0.578. The van der Waals surface area contributed by atoms with Crippen LogP contribution >= 0.6 is 23.1 Å². The highest BCUT2D eigenvalue weighted by molar-refractivity contribution is 7.98. The molecule has 10 nitrogen and oxygen atoms in total. The van der Waals surface area contributed by atoms with Crippen molar-refractivity contribution in [2.24, 2.45) is 17.3 Å². The molecule has 2 aromatic rings. The van der Waals surface area contributed by atoms with Crippen molar-refractivity contribution in [3.05, 3.63) is 23.1 Å². The van der Waals surface area contributed by atoms with Gasteiger partial charge in [0.25, 0.3) is 0 Å². The third-order valence-electron chi connectivity index (χ3n) is 6.56. The SMILES string of the molecule is CSc1ncn2cc(C3=C(C(=O)O)N4C(=O)[C@H]([C@@H](C)O)[C@@H]4[C@@]3(C)CCOC(=O)OCC(C)C)sc12. The Morgan fingerprint density at radius 1 is 1.31 bits per heavy atom.